The van der Waals surface area contributed by atoms with Gasteiger partial charge < -0.3 is 10.2 Å². The van der Waals surface area contributed by atoms with Gasteiger partial charge in [-0.25, -0.2) is 4.98 Å². The molecule has 7 heteroatoms. The zero-order valence-electron chi connectivity index (χ0n) is 10.5. The van der Waals surface area contributed by atoms with Gasteiger partial charge in [0.1, 0.15) is 5.15 Å². The standard InChI is InChI=1S/C12H15ClN4O2/c1-9-4-15-12(8-17(18)19)16(6-9)7-10-2-3-11(13)14-5-10/h2-3,5,8-9,15H,4,6-7H2,1H3/b12-8+. The number of halogens is 1. The van der Waals surface area contributed by atoms with Gasteiger partial charge in [-0.1, -0.05) is 24.6 Å². The van der Waals surface area contributed by atoms with Crippen molar-refractivity contribution >= 4 is 11.6 Å². The number of nitrogens with one attached hydrogen (secondary N) is 1. The Kier molecular flexibility index (Phi) is 4.21. The van der Waals surface area contributed by atoms with Crippen molar-refractivity contribution in [3.8, 4) is 0 Å². The molecule has 2 heterocycles. The Morgan fingerprint density at radius 1 is 1.68 bits per heavy atom. The van der Waals surface area contributed by atoms with E-state index in [0.717, 1.165) is 24.9 Å². The highest BCUT2D eigenvalue weighted by Gasteiger charge is 2.22. The molecule has 1 fully saturated rings. The third-order valence-corrected chi connectivity index (χ3v) is 3.12. The fourth-order valence-electron chi connectivity index (χ4n) is 2.03. The third kappa shape index (κ3) is 3.82. The minimum Gasteiger partial charge on any atom is -0.366 e. The summed E-state index contributed by atoms with van der Waals surface area (Å²) in [5.41, 5.74) is 0.967. The molecular formula is C12H15ClN4O2. The first-order valence-corrected chi connectivity index (χ1v) is 6.37. The highest BCUT2D eigenvalue weighted by molar-refractivity contribution is 6.29. The molecule has 0 aliphatic carbocycles. The van der Waals surface area contributed by atoms with Crippen LogP contribution >= 0.6 is 11.6 Å². The number of hydrogen-bond donors (Lipinski definition) is 1. The van der Waals surface area contributed by atoms with Crippen LogP contribution in [0, 0.1) is 16.0 Å². The van der Waals surface area contributed by atoms with Crippen molar-refractivity contribution in [2.75, 3.05) is 13.1 Å². The summed E-state index contributed by atoms with van der Waals surface area (Å²) >= 11 is 5.74. The first-order valence-electron chi connectivity index (χ1n) is 5.99. The summed E-state index contributed by atoms with van der Waals surface area (Å²) in [6.07, 6.45) is 2.70. The van der Waals surface area contributed by atoms with Crippen molar-refractivity contribution < 1.29 is 4.92 Å². The van der Waals surface area contributed by atoms with Gasteiger partial charge in [0.05, 0.1) is 4.92 Å². The smallest absolute Gasteiger partial charge is 0.274 e. The van der Waals surface area contributed by atoms with Crippen LogP contribution in [0.4, 0.5) is 0 Å². The van der Waals surface area contributed by atoms with E-state index in [2.05, 4.69) is 17.2 Å². The largest absolute Gasteiger partial charge is 0.366 e. The molecule has 1 N–H and O–H groups in total. The Labute approximate surface area is 116 Å². The SMILES string of the molecule is CC1CN/C(=C\[N+](=O)[O-])N(Cc2ccc(Cl)nc2)C1. The number of nitro groups is 1. The first-order chi connectivity index (χ1) is 9.04. The normalized spacial score (nSPS) is 21.3. The second kappa shape index (κ2) is 5.88. The molecule has 1 saturated heterocycles. The molecule has 1 aromatic rings. The van der Waals surface area contributed by atoms with Gasteiger partial charge in [-0.3, -0.25) is 10.1 Å². The summed E-state index contributed by atoms with van der Waals surface area (Å²) in [7, 11) is 0. The van der Waals surface area contributed by atoms with E-state index >= 15 is 0 Å². The molecule has 19 heavy (non-hydrogen) atoms. The summed E-state index contributed by atoms with van der Waals surface area (Å²) in [5.74, 6) is 0.974. The summed E-state index contributed by atoms with van der Waals surface area (Å²) in [4.78, 5) is 16.1. The Balaban J connectivity index is 2.14. The molecule has 0 spiro atoms. The Bertz CT molecular complexity index is 489. The van der Waals surface area contributed by atoms with Crippen LogP contribution in [0.3, 0.4) is 0 Å². The highest BCUT2D eigenvalue weighted by atomic mass is 35.5. The van der Waals surface area contributed by atoms with Gasteiger partial charge in [-0.05, 0) is 17.5 Å². The number of nitrogens with zero attached hydrogens (tertiary/aromatic N) is 3. The lowest BCUT2D eigenvalue weighted by molar-refractivity contribution is -0.405. The monoisotopic (exact) mass is 282 g/mol. The minimum atomic E-state index is -0.439. The average molecular weight is 283 g/mol. The van der Waals surface area contributed by atoms with Crippen LogP contribution in [0.1, 0.15) is 12.5 Å². The topological polar surface area (TPSA) is 71.3 Å². The van der Waals surface area contributed by atoms with Crippen molar-refractivity contribution in [3.63, 3.8) is 0 Å². The van der Waals surface area contributed by atoms with Gasteiger partial charge in [0.15, 0.2) is 5.82 Å². The third-order valence-electron chi connectivity index (χ3n) is 2.89. The number of pyridine rings is 1. The van der Waals surface area contributed by atoms with Crippen LogP contribution in [0.25, 0.3) is 0 Å². The summed E-state index contributed by atoms with van der Waals surface area (Å²) in [6, 6.07) is 3.59. The van der Waals surface area contributed by atoms with E-state index in [1.54, 1.807) is 12.3 Å². The van der Waals surface area contributed by atoms with Crippen LogP contribution in [-0.4, -0.2) is 27.9 Å². The molecule has 1 aromatic heterocycles. The molecule has 1 unspecified atom stereocenters. The maximum atomic E-state index is 10.6. The second-order valence-electron chi connectivity index (χ2n) is 4.66. The van der Waals surface area contributed by atoms with Crippen molar-refractivity contribution in [2.24, 2.45) is 5.92 Å². The molecule has 1 atom stereocenters. The Morgan fingerprint density at radius 3 is 3.11 bits per heavy atom. The van der Waals surface area contributed by atoms with Gasteiger partial charge in [0, 0.05) is 25.8 Å². The lowest BCUT2D eigenvalue weighted by Crippen LogP contribution is -2.44. The summed E-state index contributed by atoms with van der Waals surface area (Å²) in [6.45, 7) is 4.19. The molecule has 0 bridgehead atoms. The predicted octanol–water partition coefficient (Wildman–Crippen LogP) is 1.85. The molecule has 6 nitrogen and oxygen atoms in total. The van der Waals surface area contributed by atoms with Gasteiger partial charge >= 0.3 is 0 Å². The van der Waals surface area contributed by atoms with Gasteiger partial charge in [0.25, 0.3) is 6.20 Å². The molecule has 1 aliphatic rings. The quantitative estimate of drug-likeness (QED) is 0.520. The van der Waals surface area contributed by atoms with Crippen LogP contribution in [-0.2, 0) is 6.54 Å². The second-order valence-corrected chi connectivity index (χ2v) is 5.04. The summed E-state index contributed by atoms with van der Waals surface area (Å²) < 4.78 is 0. The number of aromatic nitrogens is 1. The highest BCUT2D eigenvalue weighted by Crippen LogP contribution is 2.16. The van der Waals surface area contributed by atoms with E-state index in [4.69, 9.17) is 11.6 Å². The molecular weight excluding hydrogens is 268 g/mol. The first kappa shape index (κ1) is 13.6. The average Bonchev–Trinajstić information content (AvgIpc) is 2.35. The van der Waals surface area contributed by atoms with Gasteiger partial charge in [0.2, 0.25) is 0 Å². The molecule has 2 rings (SSSR count). The maximum Gasteiger partial charge on any atom is 0.274 e. The van der Waals surface area contributed by atoms with Crippen molar-refractivity contribution in [2.45, 2.75) is 13.5 Å². The molecule has 0 radical (unpaired) electrons. The number of hydrogen-bond acceptors (Lipinski definition) is 5. The molecule has 0 amide bonds. The van der Waals surface area contributed by atoms with Crippen LogP contribution in [0.2, 0.25) is 5.15 Å². The van der Waals surface area contributed by atoms with Crippen molar-refractivity contribution in [1.29, 1.82) is 0 Å². The number of rotatable bonds is 3. The lowest BCUT2D eigenvalue weighted by atomic mass is 10.1. The van der Waals surface area contributed by atoms with Crippen LogP contribution in [0.15, 0.2) is 30.4 Å². The van der Waals surface area contributed by atoms with Crippen LogP contribution < -0.4 is 5.32 Å². The fraction of sp³-hybridized carbons (Fsp3) is 0.417. The fourth-order valence-corrected chi connectivity index (χ4v) is 2.14. The Morgan fingerprint density at radius 2 is 2.47 bits per heavy atom. The maximum absolute atomic E-state index is 10.6. The van der Waals surface area contributed by atoms with E-state index in [1.807, 2.05) is 11.0 Å². The molecule has 0 saturated carbocycles. The molecule has 1 aliphatic heterocycles. The minimum absolute atomic E-state index is 0.434. The van der Waals surface area contributed by atoms with Gasteiger partial charge in [-0.15, -0.1) is 0 Å². The van der Waals surface area contributed by atoms with Gasteiger partial charge in [-0.2, -0.15) is 0 Å². The van der Waals surface area contributed by atoms with E-state index in [1.165, 1.54) is 0 Å². The van der Waals surface area contributed by atoms with Crippen molar-refractivity contribution in [3.05, 3.63) is 51.2 Å². The Hall–Kier alpha value is -1.82. The van der Waals surface area contributed by atoms with Crippen LogP contribution in [0.5, 0.6) is 0 Å². The van der Waals surface area contributed by atoms with E-state index in [0.29, 0.717) is 23.4 Å². The zero-order valence-corrected chi connectivity index (χ0v) is 11.3. The zero-order chi connectivity index (χ0) is 13.8. The predicted molar refractivity (Wildman–Crippen MR) is 71.9 cm³/mol. The van der Waals surface area contributed by atoms with Crippen molar-refractivity contribution in [1.82, 2.24) is 15.2 Å². The van der Waals surface area contributed by atoms with E-state index < -0.39 is 4.92 Å². The lowest BCUT2D eigenvalue weighted by Gasteiger charge is -2.34. The van der Waals surface area contributed by atoms with E-state index in [9.17, 15) is 10.1 Å². The summed E-state index contributed by atoms with van der Waals surface area (Å²) in [5, 5.41) is 14.1. The van der Waals surface area contributed by atoms with E-state index in [-0.39, 0.29) is 0 Å². The molecule has 102 valence electrons. The molecule has 0 aromatic carbocycles.